The summed E-state index contributed by atoms with van der Waals surface area (Å²) in [6.07, 6.45) is 1.28. The van der Waals surface area contributed by atoms with E-state index in [4.69, 9.17) is 11.6 Å². The van der Waals surface area contributed by atoms with Crippen molar-refractivity contribution in [3.05, 3.63) is 16.4 Å². The second kappa shape index (κ2) is 7.80. The predicted octanol–water partition coefficient (Wildman–Crippen LogP) is 2.51. The zero-order valence-corrected chi connectivity index (χ0v) is 14.5. The number of amides is 1. The minimum Gasteiger partial charge on any atom is -0.351 e. The molecule has 0 saturated carbocycles. The number of aromatic nitrogens is 2. The largest absolute Gasteiger partial charge is 0.351 e. The van der Waals surface area contributed by atoms with Gasteiger partial charge in [-0.2, -0.15) is 5.10 Å². The van der Waals surface area contributed by atoms with E-state index in [1.807, 2.05) is 39.3 Å². The lowest BCUT2D eigenvalue weighted by Gasteiger charge is -2.20. The maximum atomic E-state index is 11.7. The Labute approximate surface area is 132 Å². The Morgan fingerprint density at radius 1 is 1.33 bits per heavy atom. The Balaban J connectivity index is 2.46. The maximum absolute atomic E-state index is 11.7. The fourth-order valence-corrected chi connectivity index (χ4v) is 2.41. The van der Waals surface area contributed by atoms with E-state index in [9.17, 15) is 4.79 Å². The van der Waals surface area contributed by atoms with Gasteiger partial charge in [-0.05, 0) is 34.1 Å². The first-order chi connectivity index (χ1) is 9.78. The van der Waals surface area contributed by atoms with Crippen molar-refractivity contribution in [3.63, 3.8) is 0 Å². The van der Waals surface area contributed by atoms with Gasteiger partial charge in [0.05, 0.1) is 16.4 Å². The van der Waals surface area contributed by atoms with Gasteiger partial charge in [-0.1, -0.05) is 18.5 Å². The number of nitrogens with one attached hydrogen (secondary N) is 2. The predicted molar refractivity (Wildman–Crippen MR) is 86.5 cm³/mol. The molecule has 1 aromatic heterocycles. The molecule has 21 heavy (non-hydrogen) atoms. The molecule has 6 heteroatoms. The zero-order chi connectivity index (χ0) is 16.0. The molecule has 120 valence electrons. The third-order valence-electron chi connectivity index (χ3n) is 3.03. The SMILES string of the molecule is CCc1nn(CC)c(CNCCC(=O)NC(C)(C)C)c1Cl. The van der Waals surface area contributed by atoms with Gasteiger partial charge in [0.25, 0.3) is 0 Å². The Morgan fingerprint density at radius 3 is 2.52 bits per heavy atom. The number of nitrogens with zero attached hydrogens (tertiary/aromatic N) is 2. The van der Waals surface area contributed by atoms with Gasteiger partial charge in [0.1, 0.15) is 0 Å². The number of halogens is 1. The van der Waals surface area contributed by atoms with Crippen molar-refractivity contribution in [2.75, 3.05) is 6.54 Å². The quantitative estimate of drug-likeness (QED) is 0.760. The summed E-state index contributed by atoms with van der Waals surface area (Å²) < 4.78 is 1.92. The van der Waals surface area contributed by atoms with E-state index in [2.05, 4.69) is 15.7 Å². The molecule has 0 aliphatic rings. The fourth-order valence-electron chi connectivity index (χ4n) is 2.08. The molecule has 0 bridgehead atoms. The first kappa shape index (κ1) is 18.0. The normalized spacial score (nSPS) is 11.7. The Kier molecular flexibility index (Phi) is 6.68. The van der Waals surface area contributed by atoms with E-state index < -0.39 is 0 Å². The first-order valence-corrected chi connectivity index (χ1v) is 7.92. The van der Waals surface area contributed by atoms with E-state index in [0.29, 0.717) is 19.5 Å². The molecule has 0 saturated heterocycles. The van der Waals surface area contributed by atoms with Gasteiger partial charge in [-0.3, -0.25) is 9.48 Å². The summed E-state index contributed by atoms with van der Waals surface area (Å²) in [5, 5.41) is 11.4. The lowest BCUT2D eigenvalue weighted by Crippen LogP contribution is -2.41. The molecule has 1 aromatic rings. The number of carbonyl (C=O) groups excluding carboxylic acids is 1. The summed E-state index contributed by atoms with van der Waals surface area (Å²) in [4.78, 5) is 11.7. The number of carbonyl (C=O) groups is 1. The molecule has 0 radical (unpaired) electrons. The standard InChI is InChI=1S/C15H27ClN4O/c1-6-11-14(16)12(20(7-2)19-11)10-17-9-8-13(21)18-15(3,4)5/h17H,6-10H2,1-5H3,(H,18,21). The molecule has 2 N–H and O–H groups in total. The summed E-state index contributed by atoms with van der Waals surface area (Å²) in [5.41, 5.74) is 1.74. The smallest absolute Gasteiger partial charge is 0.221 e. The van der Waals surface area contributed by atoms with Crippen LogP contribution in [0.4, 0.5) is 0 Å². The first-order valence-electron chi connectivity index (χ1n) is 7.54. The highest BCUT2D eigenvalue weighted by atomic mass is 35.5. The van der Waals surface area contributed by atoms with E-state index in [1.165, 1.54) is 0 Å². The van der Waals surface area contributed by atoms with Gasteiger partial charge in [0.2, 0.25) is 5.91 Å². The van der Waals surface area contributed by atoms with Crippen molar-refractivity contribution in [1.29, 1.82) is 0 Å². The van der Waals surface area contributed by atoms with Crippen LogP contribution in [0.3, 0.4) is 0 Å². The molecule has 0 aliphatic heterocycles. The minimum atomic E-state index is -0.183. The monoisotopic (exact) mass is 314 g/mol. The molecule has 0 unspecified atom stereocenters. The third-order valence-corrected chi connectivity index (χ3v) is 3.47. The fraction of sp³-hybridized carbons (Fsp3) is 0.733. The van der Waals surface area contributed by atoms with Crippen LogP contribution in [0.15, 0.2) is 0 Å². The van der Waals surface area contributed by atoms with Crippen molar-refractivity contribution in [2.45, 2.75) is 66.1 Å². The van der Waals surface area contributed by atoms with Crippen LogP contribution in [0.5, 0.6) is 0 Å². The molecule has 0 fully saturated rings. The van der Waals surface area contributed by atoms with Crippen LogP contribution in [0.25, 0.3) is 0 Å². The summed E-state index contributed by atoms with van der Waals surface area (Å²) in [6.45, 7) is 12.1. The van der Waals surface area contributed by atoms with E-state index in [1.54, 1.807) is 0 Å². The zero-order valence-electron chi connectivity index (χ0n) is 13.7. The van der Waals surface area contributed by atoms with Gasteiger partial charge in [-0.25, -0.2) is 0 Å². The second-order valence-electron chi connectivity index (χ2n) is 6.10. The minimum absolute atomic E-state index is 0.0549. The lowest BCUT2D eigenvalue weighted by molar-refractivity contribution is -0.122. The lowest BCUT2D eigenvalue weighted by atomic mass is 10.1. The molecule has 1 rings (SSSR count). The van der Waals surface area contributed by atoms with Gasteiger partial charge in [-0.15, -0.1) is 0 Å². The van der Waals surface area contributed by atoms with Crippen LogP contribution in [-0.2, 0) is 24.3 Å². The van der Waals surface area contributed by atoms with Crippen molar-refractivity contribution in [2.24, 2.45) is 0 Å². The third kappa shape index (κ3) is 5.67. The maximum Gasteiger partial charge on any atom is 0.221 e. The number of rotatable bonds is 7. The molecule has 1 heterocycles. The van der Waals surface area contributed by atoms with Gasteiger partial charge < -0.3 is 10.6 Å². The Bertz CT molecular complexity index is 477. The second-order valence-corrected chi connectivity index (χ2v) is 6.48. The van der Waals surface area contributed by atoms with Crippen molar-refractivity contribution >= 4 is 17.5 Å². The molecule has 1 amide bonds. The van der Waals surface area contributed by atoms with Crippen LogP contribution in [0.2, 0.25) is 5.02 Å². The molecule has 0 atom stereocenters. The number of hydrogen-bond acceptors (Lipinski definition) is 3. The Hall–Kier alpha value is -1.07. The highest BCUT2D eigenvalue weighted by molar-refractivity contribution is 6.31. The molecular weight excluding hydrogens is 288 g/mol. The highest BCUT2D eigenvalue weighted by Crippen LogP contribution is 2.21. The van der Waals surface area contributed by atoms with Crippen LogP contribution >= 0.6 is 11.6 Å². The molecule has 0 aromatic carbocycles. The Morgan fingerprint density at radius 2 is 2.00 bits per heavy atom. The van der Waals surface area contributed by atoms with Gasteiger partial charge in [0, 0.05) is 31.6 Å². The average molecular weight is 315 g/mol. The molecular formula is C15H27ClN4O. The van der Waals surface area contributed by atoms with Crippen LogP contribution in [-0.4, -0.2) is 27.8 Å². The molecule has 0 spiro atoms. The van der Waals surface area contributed by atoms with Crippen molar-refractivity contribution in [1.82, 2.24) is 20.4 Å². The summed E-state index contributed by atoms with van der Waals surface area (Å²) in [7, 11) is 0. The highest BCUT2D eigenvalue weighted by Gasteiger charge is 2.15. The molecule has 5 nitrogen and oxygen atoms in total. The topological polar surface area (TPSA) is 59.0 Å². The molecule has 0 aliphatic carbocycles. The van der Waals surface area contributed by atoms with Gasteiger partial charge in [0.15, 0.2) is 0 Å². The number of aryl methyl sites for hydroxylation is 2. The number of hydrogen-bond donors (Lipinski definition) is 2. The van der Waals surface area contributed by atoms with Crippen LogP contribution in [0, 0.1) is 0 Å². The average Bonchev–Trinajstić information content (AvgIpc) is 2.69. The van der Waals surface area contributed by atoms with E-state index >= 15 is 0 Å². The van der Waals surface area contributed by atoms with Crippen molar-refractivity contribution in [3.8, 4) is 0 Å². The van der Waals surface area contributed by atoms with Gasteiger partial charge >= 0.3 is 0 Å². The summed E-state index contributed by atoms with van der Waals surface area (Å²) in [5.74, 6) is 0.0549. The van der Waals surface area contributed by atoms with E-state index in [-0.39, 0.29) is 11.4 Å². The van der Waals surface area contributed by atoms with Crippen molar-refractivity contribution < 1.29 is 4.79 Å². The summed E-state index contributed by atoms with van der Waals surface area (Å²) in [6, 6.07) is 0. The summed E-state index contributed by atoms with van der Waals surface area (Å²) >= 11 is 6.33. The van der Waals surface area contributed by atoms with Crippen LogP contribution < -0.4 is 10.6 Å². The van der Waals surface area contributed by atoms with Crippen LogP contribution in [0.1, 0.15) is 52.4 Å². The van der Waals surface area contributed by atoms with E-state index in [0.717, 1.165) is 29.4 Å².